The maximum Gasteiger partial charge on any atom is 0.471 e. The lowest BCUT2D eigenvalue weighted by atomic mass is 9.87. The predicted octanol–water partition coefficient (Wildman–Crippen LogP) is 1.13. The first-order chi connectivity index (χ1) is 13.6. The number of rotatable bonds is 5. The van der Waals surface area contributed by atoms with Crippen LogP contribution >= 0.6 is 0 Å². The fourth-order valence-corrected chi connectivity index (χ4v) is 3.37. The molecular formula is C17H19F3N6O3. The fourth-order valence-electron chi connectivity index (χ4n) is 3.37. The number of piperidine rings is 1. The highest BCUT2D eigenvalue weighted by molar-refractivity contribution is 6.02. The van der Waals surface area contributed by atoms with Crippen molar-refractivity contribution < 1.29 is 27.6 Å². The normalized spacial score (nSPS) is 18.8. The summed E-state index contributed by atoms with van der Waals surface area (Å²) in [7, 11) is 0. The lowest BCUT2D eigenvalue weighted by molar-refractivity contribution is -0.187. The number of nitrogens with one attached hydrogen (secondary N) is 1. The Balaban J connectivity index is 1.86. The Kier molecular flexibility index (Phi) is 5.25. The number of hydrogen-bond donors (Lipinski definition) is 2. The van der Waals surface area contributed by atoms with Crippen LogP contribution in [0.5, 0.6) is 0 Å². The Morgan fingerprint density at radius 2 is 1.93 bits per heavy atom. The van der Waals surface area contributed by atoms with Gasteiger partial charge in [0.15, 0.2) is 5.82 Å². The molecular weight excluding hydrogens is 393 g/mol. The van der Waals surface area contributed by atoms with Crippen LogP contribution in [0.15, 0.2) is 6.20 Å². The number of halogens is 3. The van der Waals surface area contributed by atoms with Gasteiger partial charge in [-0.15, -0.1) is 0 Å². The second-order valence-corrected chi connectivity index (χ2v) is 7.29. The van der Waals surface area contributed by atoms with Crippen molar-refractivity contribution in [3.05, 3.63) is 23.2 Å². The van der Waals surface area contributed by atoms with Gasteiger partial charge >= 0.3 is 12.1 Å². The Morgan fingerprint density at radius 1 is 1.31 bits per heavy atom. The summed E-state index contributed by atoms with van der Waals surface area (Å²) < 4.78 is 39.4. The molecule has 29 heavy (non-hydrogen) atoms. The van der Waals surface area contributed by atoms with Crippen molar-refractivity contribution in [1.82, 2.24) is 14.7 Å². The molecule has 3 N–H and O–H groups in total. The molecule has 0 atom stereocenters. The number of carbonyl (C=O) groups is 3. The molecule has 0 bridgehead atoms. The van der Waals surface area contributed by atoms with Crippen molar-refractivity contribution >= 4 is 23.5 Å². The molecule has 1 saturated heterocycles. The summed E-state index contributed by atoms with van der Waals surface area (Å²) in [4.78, 5) is 39.4. The van der Waals surface area contributed by atoms with Gasteiger partial charge in [-0.05, 0) is 25.7 Å². The van der Waals surface area contributed by atoms with E-state index >= 15 is 0 Å². The number of nitrogens with two attached hydrogens (primary N) is 1. The first kappa shape index (κ1) is 20.6. The Morgan fingerprint density at radius 3 is 2.41 bits per heavy atom. The van der Waals surface area contributed by atoms with Crippen molar-refractivity contribution in [2.75, 3.05) is 25.0 Å². The minimum absolute atomic E-state index is 0.0347. The quantitative estimate of drug-likeness (QED) is 0.706. The molecule has 12 heteroatoms. The molecule has 0 unspecified atom stereocenters. The van der Waals surface area contributed by atoms with Crippen LogP contribution in [0.2, 0.25) is 0 Å². The number of carbonyl (C=O) groups excluding carboxylic acids is 3. The van der Waals surface area contributed by atoms with E-state index in [0.29, 0.717) is 4.90 Å². The lowest BCUT2D eigenvalue weighted by Gasteiger charge is -2.38. The minimum Gasteiger partial charge on any atom is -0.365 e. The van der Waals surface area contributed by atoms with Crippen LogP contribution in [-0.2, 0) is 15.1 Å². The van der Waals surface area contributed by atoms with Gasteiger partial charge in [-0.3, -0.25) is 19.1 Å². The van der Waals surface area contributed by atoms with Crippen LogP contribution < -0.4 is 11.1 Å². The highest BCUT2D eigenvalue weighted by Crippen LogP contribution is 2.35. The second-order valence-electron chi connectivity index (χ2n) is 7.29. The molecule has 1 saturated carbocycles. The van der Waals surface area contributed by atoms with Gasteiger partial charge in [0.1, 0.15) is 11.1 Å². The predicted molar refractivity (Wildman–Crippen MR) is 93.4 cm³/mol. The molecule has 0 aromatic carbocycles. The van der Waals surface area contributed by atoms with E-state index in [2.05, 4.69) is 15.3 Å². The van der Waals surface area contributed by atoms with E-state index in [1.165, 1.54) is 10.9 Å². The molecule has 0 radical (unpaired) electrons. The van der Waals surface area contributed by atoms with E-state index < -0.39 is 23.5 Å². The Labute approximate surface area is 163 Å². The SMILES string of the molecule is [C-]#[N+]CC1(n2cc(C(N)=O)c(NC(=O)C3CC3)n2)CCN(C(=O)C(F)(F)F)CC1. The lowest BCUT2D eigenvalue weighted by Crippen LogP contribution is -2.52. The minimum atomic E-state index is -4.97. The number of anilines is 1. The van der Waals surface area contributed by atoms with Crippen molar-refractivity contribution in [2.45, 2.75) is 37.4 Å². The third-order valence-corrected chi connectivity index (χ3v) is 5.25. The van der Waals surface area contributed by atoms with Crippen molar-refractivity contribution in [3.63, 3.8) is 0 Å². The zero-order valence-corrected chi connectivity index (χ0v) is 15.3. The monoisotopic (exact) mass is 412 g/mol. The van der Waals surface area contributed by atoms with E-state index in [4.69, 9.17) is 12.3 Å². The molecule has 3 amide bonds. The largest absolute Gasteiger partial charge is 0.471 e. The average molecular weight is 412 g/mol. The number of primary amides is 1. The fraction of sp³-hybridized carbons (Fsp3) is 0.588. The molecule has 2 aliphatic rings. The van der Waals surface area contributed by atoms with Crippen molar-refractivity contribution in [3.8, 4) is 0 Å². The molecule has 1 aromatic heterocycles. The maximum absolute atomic E-state index is 12.7. The van der Waals surface area contributed by atoms with Gasteiger partial charge in [-0.2, -0.15) is 18.3 Å². The molecule has 0 spiro atoms. The van der Waals surface area contributed by atoms with E-state index in [9.17, 15) is 27.6 Å². The number of alkyl halides is 3. The summed E-state index contributed by atoms with van der Waals surface area (Å²) in [6.45, 7) is 6.68. The number of aromatic nitrogens is 2. The van der Waals surface area contributed by atoms with Crippen LogP contribution in [-0.4, -0.2) is 58.2 Å². The highest BCUT2D eigenvalue weighted by atomic mass is 19.4. The van der Waals surface area contributed by atoms with Crippen molar-refractivity contribution in [2.24, 2.45) is 11.7 Å². The summed E-state index contributed by atoms with van der Waals surface area (Å²) in [5, 5.41) is 6.79. The molecule has 156 valence electrons. The van der Waals surface area contributed by atoms with Crippen LogP contribution in [0.1, 0.15) is 36.0 Å². The molecule has 1 aliphatic heterocycles. The average Bonchev–Trinajstić information content (AvgIpc) is 3.41. The second kappa shape index (κ2) is 7.38. The van der Waals surface area contributed by atoms with E-state index in [1.807, 2.05) is 0 Å². The summed E-state index contributed by atoms with van der Waals surface area (Å²) in [6, 6.07) is 0. The third kappa shape index (κ3) is 4.18. The molecule has 2 fully saturated rings. The first-order valence-electron chi connectivity index (χ1n) is 8.97. The molecule has 1 aromatic rings. The Hall–Kier alpha value is -3.10. The summed E-state index contributed by atoms with van der Waals surface area (Å²) in [6.07, 6.45) is -2.12. The van der Waals surface area contributed by atoms with Crippen LogP contribution in [0, 0.1) is 12.5 Å². The zero-order chi connectivity index (χ0) is 21.4. The van der Waals surface area contributed by atoms with Gasteiger partial charge < -0.3 is 20.8 Å². The molecule has 9 nitrogen and oxygen atoms in total. The highest BCUT2D eigenvalue weighted by Gasteiger charge is 2.48. The van der Waals surface area contributed by atoms with Crippen molar-refractivity contribution in [1.29, 1.82) is 0 Å². The van der Waals surface area contributed by atoms with Gasteiger partial charge in [0.25, 0.3) is 5.91 Å². The molecule has 3 rings (SSSR count). The summed E-state index contributed by atoms with van der Waals surface area (Å²) in [5.41, 5.74) is 4.31. The number of amides is 3. The van der Waals surface area contributed by atoms with Gasteiger partial charge in [0, 0.05) is 25.2 Å². The summed E-state index contributed by atoms with van der Waals surface area (Å²) in [5.74, 6) is -3.22. The first-order valence-corrected chi connectivity index (χ1v) is 8.97. The van der Waals surface area contributed by atoms with Gasteiger partial charge in [0.05, 0.1) is 0 Å². The van der Waals surface area contributed by atoms with Gasteiger partial charge in [-0.25, -0.2) is 6.57 Å². The number of likely N-dealkylation sites (tertiary alicyclic amines) is 1. The topological polar surface area (TPSA) is 115 Å². The van der Waals surface area contributed by atoms with E-state index in [-0.39, 0.29) is 55.7 Å². The number of hydrogen-bond acceptors (Lipinski definition) is 4. The zero-order valence-electron chi connectivity index (χ0n) is 15.3. The van der Waals surface area contributed by atoms with E-state index in [1.54, 1.807) is 0 Å². The van der Waals surface area contributed by atoms with Gasteiger partial charge in [0.2, 0.25) is 12.5 Å². The van der Waals surface area contributed by atoms with Crippen LogP contribution in [0.4, 0.5) is 19.0 Å². The Bertz CT molecular complexity index is 876. The molecule has 1 aliphatic carbocycles. The van der Waals surface area contributed by atoms with Crippen LogP contribution in [0.25, 0.3) is 4.85 Å². The smallest absolute Gasteiger partial charge is 0.365 e. The van der Waals surface area contributed by atoms with Gasteiger partial charge in [-0.1, -0.05) is 0 Å². The van der Waals surface area contributed by atoms with Crippen LogP contribution in [0.3, 0.4) is 0 Å². The maximum atomic E-state index is 12.7. The molecule has 2 heterocycles. The third-order valence-electron chi connectivity index (χ3n) is 5.25. The standard InChI is InChI=1S/C17H19F3N6O3/c1-22-9-16(4-6-25(7-5-16)15(29)17(18,19)20)26-8-11(12(21)27)13(24-26)23-14(28)10-2-3-10/h8,10H,2-7,9H2,(H2,21,27)(H,23,24,28). The number of nitrogens with zero attached hydrogens (tertiary/aromatic N) is 4. The summed E-state index contributed by atoms with van der Waals surface area (Å²) >= 11 is 0. The van der Waals surface area contributed by atoms with E-state index in [0.717, 1.165) is 12.8 Å².